The number of nitrogens with one attached hydrogen (secondary N) is 1. The zero-order chi connectivity index (χ0) is 16.4. The molecule has 1 aromatic rings. The topological polar surface area (TPSA) is 162 Å². The smallest absolute Gasteiger partial charge is 0.330 e. The van der Waals surface area contributed by atoms with E-state index in [0.29, 0.717) is 6.08 Å². The summed E-state index contributed by atoms with van der Waals surface area (Å²) in [7, 11) is 0. The average molecular weight is 314 g/mol. The van der Waals surface area contributed by atoms with Gasteiger partial charge in [-0.15, -0.1) is 0 Å². The predicted molar refractivity (Wildman–Crippen MR) is 71.0 cm³/mol. The predicted octanol–water partition coefficient (Wildman–Crippen LogP) is -2.75. The van der Waals surface area contributed by atoms with Crippen LogP contribution in [0.15, 0.2) is 21.9 Å². The van der Waals surface area contributed by atoms with Crippen LogP contribution in [-0.2, 0) is 9.53 Å². The van der Waals surface area contributed by atoms with Gasteiger partial charge in [0.15, 0.2) is 6.23 Å². The van der Waals surface area contributed by atoms with E-state index < -0.39 is 48.4 Å². The first-order chi connectivity index (χ1) is 10.3. The highest BCUT2D eigenvalue weighted by atomic mass is 16.6. The largest absolute Gasteiger partial charge is 0.478 e. The van der Waals surface area contributed by atoms with Crippen LogP contribution in [0.5, 0.6) is 0 Å². The molecule has 2 heterocycles. The van der Waals surface area contributed by atoms with E-state index in [0.717, 1.165) is 16.8 Å². The molecule has 1 aliphatic heterocycles. The first-order valence-electron chi connectivity index (χ1n) is 6.24. The number of ether oxygens (including phenoxy) is 1. The Hall–Kier alpha value is -2.27. The van der Waals surface area contributed by atoms with Gasteiger partial charge in [0.1, 0.15) is 18.3 Å². The molecule has 5 N–H and O–H groups in total. The Morgan fingerprint density at radius 3 is 2.59 bits per heavy atom. The lowest BCUT2D eigenvalue weighted by molar-refractivity contribution is -0.131. The Labute approximate surface area is 122 Å². The Bertz CT molecular complexity index is 706. The maximum Gasteiger partial charge on any atom is 0.330 e. The number of aliphatic hydroxyl groups excluding tert-OH is 3. The van der Waals surface area contributed by atoms with E-state index >= 15 is 0 Å². The maximum atomic E-state index is 11.8. The Morgan fingerprint density at radius 1 is 1.36 bits per heavy atom. The van der Waals surface area contributed by atoms with Crippen molar-refractivity contribution >= 4 is 12.0 Å². The second-order valence-corrected chi connectivity index (χ2v) is 4.65. The summed E-state index contributed by atoms with van der Waals surface area (Å²) in [4.78, 5) is 35.8. The number of aromatic nitrogens is 2. The van der Waals surface area contributed by atoms with Gasteiger partial charge in [-0.2, -0.15) is 0 Å². The van der Waals surface area contributed by atoms with Crippen molar-refractivity contribution in [3.63, 3.8) is 0 Å². The fraction of sp³-hybridized carbons (Fsp3) is 0.417. The third-order valence-electron chi connectivity index (χ3n) is 3.19. The first-order valence-corrected chi connectivity index (χ1v) is 6.24. The quantitative estimate of drug-likeness (QED) is 0.373. The maximum absolute atomic E-state index is 11.8. The standard InChI is InChI=1S/C12H14N2O8/c15-4-6-8(18)9(19)11(22-6)14-3-5(1-2-7(16)17)10(20)13-12(14)21/h1-3,6,8-9,11,15,18-19H,4H2,(H,16,17)(H,13,20,21)/t6-,8?,9?,11-/m0/s1. The number of nitrogens with zero attached hydrogens (tertiary/aromatic N) is 1. The fourth-order valence-corrected chi connectivity index (χ4v) is 2.08. The highest BCUT2D eigenvalue weighted by Crippen LogP contribution is 2.27. The molecule has 4 atom stereocenters. The summed E-state index contributed by atoms with van der Waals surface area (Å²) in [6, 6.07) is 0. The van der Waals surface area contributed by atoms with E-state index in [4.69, 9.17) is 14.9 Å². The minimum atomic E-state index is -1.50. The number of carboxylic acid groups (broad SMARTS) is 1. The first kappa shape index (κ1) is 16.1. The van der Waals surface area contributed by atoms with Gasteiger partial charge in [-0.3, -0.25) is 14.3 Å². The Kier molecular flexibility index (Phi) is 4.56. The average Bonchev–Trinajstić information content (AvgIpc) is 2.74. The number of aromatic amines is 1. The van der Waals surface area contributed by atoms with Crippen LogP contribution in [0, 0.1) is 0 Å². The molecule has 0 radical (unpaired) electrons. The summed E-state index contributed by atoms with van der Waals surface area (Å²) in [6.45, 7) is -0.571. The molecular formula is C12H14N2O8. The summed E-state index contributed by atoms with van der Waals surface area (Å²) in [6.07, 6.45) is -2.65. The molecule has 0 spiro atoms. The van der Waals surface area contributed by atoms with Crippen LogP contribution in [0.3, 0.4) is 0 Å². The van der Waals surface area contributed by atoms with Gasteiger partial charge in [0.2, 0.25) is 0 Å². The summed E-state index contributed by atoms with van der Waals surface area (Å²) >= 11 is 0. The molecule has 10 heteroatoms. The van der Waals surface area contributed by atoms with Gasteiger partial charge in [-0.05, 0) is 6.08 Å². The normalized spacial score (nSPS) is 28.3. The van der Waals surface area contributed by atoms with E-state index in [9.17, 15) is 24.6 Å². The summed E-state index contributed by atoms with van der Waals surface area (Å²) in [5.74, 6) is -1.29. The van der Waals surface area contributed by atoms with E-state index in [2.05, 4.69) is 0 Å². The van der Waals surface area contributed by atoms with Gasteiger partial charge in [-0.25, -0.2) is 9.59 Å². The van der Waals surface area contributed by atoms with E-state index in [1.165, 1.54) is 0 Å². The molecule has 0 aliphatic carbocycles. The number of aliphatic hydroxyl groups is 3. The third-order valence-corrected chi connectivity index (χ3v) is 3.19. The molecular weight excluding hydrogens is 300 g/mol. The van der Waals surface area contributed by atoms with Gasteiger partial charge in [0.25, 0.3) is 5.56 Å². The molecule has 2 unspecified atom stereocenters. The lowest BCUT2D eigenvalue weighted by Crippen LogP contribution is -2.38. The lowest BCUT2D eigenvalue weighted by atomic mass is 10.1. The lowest BCUT2D eigenvalue weighted by Gasteiger charge is -2.17. The summed E-state index contributed by atoms with van der Waals surface area (Å²) in [5.41, 5.74) is -1.88. The van der Waals surface area contributed by atoms with Crippen molar-refractivity contribution in [2.24, 2.45) is 0 Å². The van der Waals surface area contributed by atoms with Crippen LogP contribution in [-0.4, -0.2) is 60.9 Å². The number of carbonyl (C=O) groups is 1. The SMILES string of the molecule is O=C(O)C=Cc1cn([C@H]2O[C@@H](CO)C(O)C2O)c(=O)[nH]c1=O. The molecule has 120 valence electrons. The number of hydrogen-bond acceptors (Lipinski definition) is 7. The van der Waals surface area contributed by atoms with Gasteiger partial charge in [0, 0.05) is 12.3 Å². The highest BCUT2D eigenvalue weighted by Gasteiger charge is 2.43. The Balaban J connectivity index is 2.44. The minimum absolute atomic E-state index is 0.153. The molecule has 1 aromatic heterocycles. The molecule has 1 saturated heterocycles. The van der Waals surface area contributed by atoms with Crippen molar-refractivity contribution in [1.82, 2.24) is 9.55 Å². The monoisotopic (exact) mass is 314 g/mol. The molecule has 10 nitrogen and oxygen atoms in total. The van der Waals surface area contributed by atoms with Crippen molar-refractivity contribution < 1.29 is 30.0 Å². The molecule has 0 amide bonds. The van der Waals surface area contributed by atoms with E-state index in [1.807, 2.05) is 4.98 Å². The van der Waals surface area contributed by atoms with Crippen molar-refractivity contribution in [3.05, 3.63) is 38.7 Å². The van der Waals surface area contributed by atoms with Gasteiger partial charge >= 0.3 is 11.7 Å². The fourth-order valence-electron chi connectivity index (χ4n) is 2.08. The van der Waals surface area contributed by atoms with Crippen LogP contribution in [0.4, 0.5) is 0 Å². The molecule has 1 fully saturated rings. The Morgan fingerprint density at radius 2 is 2.05 bits per heavy atom. The van der Waals surface area contributed by atoms with E-state index in [-0.39, 0.29) is 5.56 Å². The van der Waals surface area contributed by atoms with Crippen LogP contribution < -0.4 is 11.2 Å². The number of H-pyrrole nitrogens is 1. The van der Waals surface area contributed by atoms with Crippen molar-refractivity contribution in [2.75, 3.05) is 6.61 Å². The van der Waals surface area contributed by atoms with Crippen LogP contribution in [0.2, 0.25) is 0 Å². The van der Waals surface area contributed by atoms with Crippen LogP contribution in [0.1, 0.15) is 11.8 Å². The highest BCUT2D eigenvalue weighted by molar-refractivity contribution is 5.85. The van der Waals surface area contributed by atoms with Gasteiger partial charge < -0.3 is 25.2 Å². The molecule has 1 aliphatic rings. The second kappa shape index (κ2) is 6.23. The molecule has 0 saturated carbocycles. The summed E-state index contributed by atoms with van der Waals surface area (Å²) in [5, 5.41) is 37.1. The number of hydrogen-bond donors (Lipinski definition) is 5. The number of aliphatic carboxylic acids is 1. The zero-order valence-corrected chi connectivity index (χ0v) is 11.1. The third kappa shape index (κ3) is 2.99. The van der Waals surface area contributed by atoms with Crippen LogP contribution >= 0.6 is 0 Å². The molecule has 0 bridgehead atoms. The minimum Gasteiger partial charge on any atom is -0.478 e. The van der Waals surface area contributed by atoms with E-state index in [1.54, 1.807) is 0 Å². The second-order valence-electron chi connectivity index (χ2n) is 4.65. The molecule has 0 aromatic carbocycles. The summed E-state index contributed by atoms with van der Waals surface area (Å²) < 4.78 is 5.98. The number of carboxylic acids is 1. The van der Waals surface area contributed by atoms with Gasteiger partial charge in [-0.1, -0.05) is 0 Å². The van der Waals surface area contributed by atoms with Crippen LogP contribution in [0.25, 0.3) is 6.08 Å². The van der Waals surface area contributed by atoms with Gasteiger partial charge in [0.05, 0.1) is 12.2 Å². The van der Waals surface area contributed by atoms with Crippen molar-refractivity contribution in [2.45, 2.75) is 24.5 Å². The zero-order valence-electron chi connectivity index (χ0n) is 11.1. The molecule has 22 heavy (non-hydrogen) atoms. The molecule has 2 rings (SSSR count). The van der Waals surface area contributed by atoms with Crippen molar-refractivity contribution in [3.8, 4) is 0 Å². The van der Waals surface area contributed by atoms with Crippen molar-refractivity contribution in [1.29, 1.82) is 0 Å². The number of rotatable bonds is 4.